The SMILES string of the molecule is CC(=O)N(CCC(=O)NCCc1cccc(Cl)c1)c1cc(C)on1. The number of aryl methyl sites for hydroxylation is 1. The fourth-order valence-electron chi connectivity index (χ4n) is 2.25. The third-order valence-corrected chi connectivity index (χ3v) is 3.69. The molecular weight excluding hydrogens is 330 g/mol. The molecule has 6 nitrogen and oxygen atoms in total. The molecule has 0 fully saturated rings. The van der Waals surface area contributed by atoms with Gasteiger partial charge in [0.25, 0.3) is 0 Å². The van der Waals surface area contributed by atoms with Crippen LogP contribution < -0.4 is 10.2 Å². The van der Waals surface area contributed by atoms with Gasteiger partial charge in [0.2, 0.25) is 11.8 Å². The normalized spacial score (nSPS) is 10.5. The summed E-state index contributed by atoms with van der Waals surface area (Å²) < 4.78 is 4.97. The van der Waals surface area contributed by atoms with Crippen molar-refractivity contribution in [1.82, 2.24) is 10.5 Å². The molecule has 1 N–H and O–H groups in total. The molecule has 0 spiro atoms. The predicted octanol–water partition coefficient (Wildman–Crippen LogP) is 2.74. The highest BCUT2D eigenvalue weighted by Crippen LogP contribution is 2.14. The molecule has 128 valence electrons. The first-order valence-corrected chi connectivity index (χ1v) is 8.06. The van der Waals surface area contributed by atoms with E-state index in [0.29, 0.717) is 29.6 Å². The molecule has 0 saturated carbocycles. The Balaban J connectivity index is 1.78. The van der Waals surface area contributed by atoms with E-state index < -0.39 is 0 Å². The number of anilines is 1. The van der Waals surface area contributed by atoms with Gasteiger partial charge in [-0.15, -0.1) is 0 Å². The molecule has 0 atom stereocenters. The van der Waals surface area contributed by atoms with Crippen LogP contribution in [0.5, 0.6) is 0 Å². The molecule has 0 saturated heterocycles. The molecule has 24 heavy (non-hydrogen) atoms. The molecule has 2 aromatic rings. The number of benzene rings is 1. The fraction of sp³-hybridized carbons (Fsp3) is 0.353. The van der Waals surface area contributed by atoms with Crippen LogP contribution in [-0.4, -0.2) is 30.1 Å². The van der Waals surface area contributed by atoms with Crippen LogP contribution in [-0.2, 0) is 16.0 Å². The Kier molecular flexibility index (Phi) is 6.37. The van der Waals surface area contributed by atoms with E-state index in [2.05, 4.69) is 10.5 Å². The van der Waals surface area contributed by atoms with Gasteiger partial charge in [-0.05, 0) is 31.0 Å². The van der Waals surface area contributed by atoms with E-state index in [-0.39, 0.29) is 24.8 Å². The highest BCUT2D eigenvalue weighted by molar-refractivity contribution is 6.30. The van der Waals surface area contributed by atoms with E-state index in [9.17, 15) is 9.59 Å². The molecular formula is C17H20ClN3O3. The van der Waals surface area contributed by atoms with E-state index >= 15 is 0 Å². The summed E-state index contributed by atoms with van der Waals surface area (Å²) in [6.07, 6.45) is 0.895. The number of nitrogens with zero attached hydrogens (tertiary/aromatic N) is 2. The molecule has 0 radical (unpaired) electrons. The first-order valence-electron chi connectivity index (χ1n) is 7.68. The van der Waals surface area contributed by atoms with Crippen molar-refractivity contribution in [2.45, 2.75) is 26.7 Å². The van der Waals surface area contributed by atoms with E-state index in [1.54, 1.807) is 13.0 Å². The predicted molar refractivity (Wildman–Crippen MR) is 92.0 cm³/mol. The van der Waals surface area contributed by atoms with Crippen molar-refractivity contribution in [3.05, 3.63) is 46.7 Å². The van der Waals surface area contributed by atoms with Crippen molar-refractivity contribution in [1.29, 1.82) is 0 Å². The minimum Gasteiger partial charge on any atom is -0.360 e. The molecule has 2 amide bonds. The first-order chi connectivity index (χ1) is 11.5. The van der Waals surface area contributed by atoms with Crippen LogP contribution in [0.25, 0.3) is 0 Å². The van der Waals surface area contributed by atoms with Crippen molar-refractivity contribution < 1.29 is 14.1 Å². The van der Waals surface area contributed by atoms with E-state index in [4.69, 9.17) is 16.1 Å². The molecule has 0 aliphatic carbocycles. The number of rotatable bonds is 7. The highest BCUT2D eigenvalue weighted by atomic mass is 35.5. The van der Waals surface area contributed by atoms with Gasteiger partial charge in [0.15, 0.2) is 5.82 Å². The lowest BCUT2D eigenvalue weighted by Crippen LogP contribution is -2.34. The Morgan fingerprint density at radius 3 is 2.75 bits per heavy atom. The van der Waals surface area contributed by atoms with E-state index in [1.165, 1.54) is 11.8 Å². The zero-order chi connectivity index (χ0) is 17.5. The summed E-state index contributed by atoms with van der Waals surface area (Å²) in [6, 6.07) is 9.19. The summed E-state index contributed by atoms with van der Waals surface area (Å²) >= 11 is 5.92. The Labute approximate surface area is 145 Å². The maximum absolute atomic E-state index is 11.9. The van der Waals surface area contributed by atoms with Gasteiger partial charge in [-0.2, -0.15) is 0 Å². The minimum atomic E-state index is -0.185. The fourth-order valence-corrected chi connectivity index (χ4v) is 2.47. The van der Waals surface area contributed by atoms with Crippen molar-refractivity contribution in [3.63, 3.8) is 0 Å². The number of halogens is 1. The van der Waals surface area contributed by atoms with Crippen molar-refractivity contribution in [2.75, 3.05) is 18.0 Å². The van der Waals surface area contributed by atoms with Crippen molar-refractivity contribution >= 4 is 29.2 Å². The maximum Gasteiger partial charge on any atom is 0.225 e. The number of amides is 2. The highest BCUT2D eigenvalue weighted by Gasteiger charge is 2.16. The van der Waals surface area contributed by atoms with Crippen LogP contribution in [0.1, 0.15) is 24.7 Å². The molecule has 0 aliphatic heterocycles. The molecule has 0 bridgehead atoms. The largest absolute Gasteiger partial charge is 0.360 e. The van der Waals surface area contributed by atoms with Gasteiger partial charge in [-0.25, -0.2) is 0 Å². The van der Waals surface area contributed by atoms with Crippen molar-refractivity contribution in [2.24, 2.45) is 0 Å². The van der Waals surface area contributed by atoms with Gasteiger partial charge in [-0.3, -0.25) is 14.5 Å². The average molecular weight is 350 g/mol. The summed E-state index contributed by atoms with van der Waals surface area (Å²) in [4.78, 5) is 25.1. The summed E-state index contributed by atoms with van der Waals surface area (Å²) in [7, 11) is 0. The number of carbonyl (C=O) groups is 2. The quantitative estimate of drug-likeness (QED) is 0.834. The summed E-state index contributed by atoms with van der Waals surface area (Å²) in [5.41, 5.74) is 1.06. The van der Waals surface area contributed by atoms with Crippen LogP contribution in [0.2, 0.25) is 5.02 Å². The topological polar surface area (TPSA) is 75.4 Å². The van der Waals surface area contributed by atoms with Crippen molar-refractivity contribution in [3.8, 4) is 0 Å². The van der Waals surface area contributed by atoms with Gasteiger partial charge >= 0.3 is 0 Å². The number of carbonyl (C=O) groups excluding carboxylic acids is 2. The minimum absolute atomic E-state index is 0.122. The second-order valence-electron chi connectivity index (χ2n) is 5.45. The average Bonchev–Trinajstić information content (AvgIpc) is 2.93. The zero-order valence-electron chi connectivity index (χ0n) is 13.7. The zero-order valence-corrected chi connectivity index (χ0v) is 14.5. The van der Waals surface area contributed by atoms with Gasteiger partial charge in [0.1, 0.15) is 5.76 Å². The Hall–Kier alpha value is -2.34. The van der Waals surface area contributed by atoms with E-state index in [0.717, 1.165) is 5.56 Å². The molecule has 1 heterocycles. The monoisotopic (exact) mass is 349 g/mol. The third kappa shape index (κ3) is 5.38. The number of hydrogen-bond acceptors (Lipinski definition) is 4. The molecule has 1 aromatic heterocycles. The number of nitrogens with one attached hydrogen (secondary N) is 1. The second kappa shape index (κ2) is 8.49. The Bertz CT molecular complexity index is 715. The molecule has 0 unspecified atom stereocenters. The number of aromatic nitrogens is 1. The van der Waals surface area contributed by atoms with Gasteiger partial charge in [0, 0.05) is 37.5 Å². The molecule has 0 aliphatic rings. The molecule has 2 rings (SSSR count). The Morgan fingerprint density at radius 2 is 2.12 bits per heavy atom. The lowest BCUT2D eigenvalue weighted by Gasteiger charge is -2.17. The summed E-state index contributed by atoms with van der Waals surface area (Å²) in [5, 5.41) is 7.33. The molecule has 1 aromatic carbocycles. The maximum atomic E-state index is 11.9. The number of hydrogen-bond donors (Lipinski definition) is 1. The smallest absolute Gasteiger partial charge is 0.225 e. The van der Waals surface area contributed by atoms with Crippen LogP contribution >= 0.6 is 11.6 Å². The van der Waals surface area contributed by atoms with Gasteiger partial charge in [-0.1, -0.05) is 28.9 Å². The van der Waals surface area contributed by atoms with Crippen LogP contribution in [0.4, 0.5) is 5.82 Å². The second-order valence-corrected chi connectivity index (χ2v) is 5.88. The van der Waals surface area contributed by atoms with Gasteiger partial charge in [0.05, 0.1) is 0 Å². The standard InChI is InChI=1S/C17H20ClN3O3/c1-12-10-16(20-24-12)21(13(2)22)9-7-17(23)19-8-6-14-4-3-5-15(18)11-14/h3-5,10-11H,6-9H2,1-2H3,(H,19,23). The lowest BCUT2D eigenvalue weighted by atomic mass is 10.1. The third-order valence-electron chi connectivity index (χ3n) is 3.46. The van der Waals surface area contributed by atoms with Crippen LogP contribution in [0, 0.1) is 6.92 Å². The first kappa shape index (κ1) is 18.0. The summed E-state index contributed by atoms with van der Waals surface area (Å²) in [5.74, 6) is 0.729. The Morgan fingerprint density at radius 1 is 1.33 bits per heavy atom. The molecule has 7 heteroatoms. The van der Waals surface area contributed by atoms with Crippen LogP contribution in [0.15, 0.2) is 34.9 Å². The van der Waals surface area contributed by atoms with Crippen LogP contribution in [0.3, 0.4) is 0 Å². The van der Waals surface area contributed by atoms with Gasteiger partial charge < -0.3 is 9.84 Å². The van der Waals surface area contributed by atoms with E-state index in [1.807, 2.05) is 24.3 Å². The lowest BCUT2D eigenvalue weighted by molar-refractivity contribution is -0.121. The summed E-state index contributed by atoms with van der Waals surface area (Å²) in [6.45, 7) is 3.95.